The molecule has 4 nitrogen and oxygen atoms in total. The van der Waals surface area contributed by atoms with Gasteiger partial charge >= 0.3 is 0 Å². The highest BCUT2D eigenvalue weighted by molar-refractivity contribution is 5.91. The zero-order chi connectivity index (χ0) is 17.3. The largest absolute Gasteiger partial charge is 0.508 e. The summed E-state index contributed by atoms with van der Waals surface area (Å²) in [6.07, 6.45) is 0.844. The molecule has 122 valence electrons. The van der Waals surface area contributed by atoms with Crippen molar-refractivity contribution in [1.82, 2.24) is 0 Å². The van der Waals surface area contributed by atoms with Crippen LogP contribution in [0.25, 0.3) is 0 Å². The summed E-state index contributed by atoms with van der Waals surface area (Å²) in [4.78, 5) is 12.5. The van der Waals surface area contributed by atoms with E-state index in [1.54, 1.807) is 42.5 Å². The minimum absolute atomic E-state index is 0.0796. The van der Waals surface area contributed by atoms with Gasteiger partial charge in [-0.1, -0.05) is 30.3 Å². The molecule has 0 unspecified atom stereocenters. The molecule has 3 aromatic rings. The lowest BCUT2D eigenvalue weighted by Crippen LogP contribution is -2.43. The molecule has 0 atom stereocenters. The molecule has 6 rings (SSSR count). The minimum Gasteiger partial charge on any atom is -0.508 e. The molecule has 3 aromatic carbocycles. The quantitative estimate of drug-likeness (QED) is 0.599. The van der Waals surface area contributed by atoms with Crippen LogP contribution in [0.5, 0.6) is 17.2 Å². The van der Waals surface area contributed by atoms with Gasteiger partial charge in [0.15, 0.2) is 0 Å². The molecule has 0 aromatic heterocycles. The Morgan fingerprint density at radius 1 is 0.800 bits per heavy atom. The number of phenolic OH excluding ortho intramolecular Hbond substituents is 3. The fourth-order valence-corrected chi connectivity index (χ4v) is 4.62. The Morgan fingerprint density at radius 2 is 1.40 bits per heavy atom. The Morgan fingerprint density at radius 3 is 1.96 bits per heavy atom. The third-order valence-electron chi connectivity index (χ3n) is 5.54. The van der Waals surface area contributed by atoms with Gasteiger partial charge in [-0.2, -0.15) is 0 Å². The van der Waals surface area contributed by atoms with E-state index in [9.17, 15) is 20.1 Å². The van der Waals surface area contributed by atoms with Gasteiger partial charge in [-0.3, -0.25) is 0 Å². The van der Waals surface area contributed by atoms with E-state index in [1.807, 2.05) is 12.1 Å². The molecular formula is C21H14O4. The first-order valence-corrected chi connectivity index (χ1v) is 8.04. The molecule has 0 saturated heterocycles. The third kappa shape index (κ3) is 1.45. The summed E-state index contributed by atoms with van der Waals surface area (Å²) in [6, 6.07) is 15.2. The van der Waals surface area contributed by atoms with Gasteiger partial charge in [0.25, 0.3) is 0 Å². The molecule has 0 aliphatic heterocycles. The van der Waals surface area contributed by atoms with Gasteiger partial charge < -0.3 is 20.1 Å². The van der Waals surface area contributed by atoms with Crippen LogP contribution in [0, 0.1) is 0 Å². The van der Waals surface area contributed by atoms with Crippen LogP contribution in [0.1, 0.15) is 39.3 Å². The van der Waals surface area contributed by atoms with E-state index in [2.05, 4.69) is 0 Å². The van der Waals surface area contributed by atoms with E-state index < -0.39 is 5.41 Å². The molecule has 2 bridgehead atoms. The molecular weight excluding hydrogens is 316 g/mol. The topological polar surface area (TPSA) is 77.8 Å². The summed E-state index contributed by atoms with van der Waals surface area (Å²) in [6.45, 7) is 0. The van der Waals surface area contributed by atoms with Gasteiger partial charge in [-0.15, -0.1) is 0 Å². The molecule has 0 radical (unpaired) electrons. The molecule has 0 amide bonds. The maximum Gasteiger partial charge on any atom is 0.139 e. The Balaban J connectivity index is 2.04. The molecule has 3 N–H and O–H groups in total. The maximum atomic E-state index is 12.5. The maximum absolute atomic E-state index is 12.5. The van der Waals surface area contributed by atoms with Crippen molar-refractivity contribution in [3.8, 4) is 17.2 Å². The summed E-state index contributed by atoms with van der Waals surface area (Å²) < 4.78 is 0. The van der Waals surface area contributed by atoms with E-state index in [0.717, 1.165) is 11.8 Å². The average molecular weight is 330 g/mol. The number of hydrogen-bond acceptors (Lipinski definition) is 4. The van der Waals surface area contributed by atoms with Gasteiger partial charge in [0.1, 0.15) is 28.9 Å². The normalized spacial score (nSPS) is 22.0. The van der Waals surface area contributed by atoms with Crippen molar-refractivity contribution in [2.45, 2.75) is 11.3 Å². The second kappa shape index (κ2) is 4.42. The van der Waals surface area contributed by atoms with Crippen molar-refractivity contribution in [2.24, 2.45) is 0 Å². The van der Waals surface area contributed by atoms with Crippen molar-refractivity contribution in [3.63, 3.8) is 0 Å². The molecule has 3 aliphatic carbocycles. The summed E-state index contributed by atoms with van der Waals surface area (Å²) in [5, 5.41) is 31.1. The summed E-state index contributed by atoms with van der Waals surface area (Å²) >= 11 is 0. The SMILES string of the molecule is O=CC12c3cc(O)ccc3C(c3c(O)cccc31)c1c(O)cccc12. The van der Waals surface area contributed by atoms with Gasteiger partial charge in [0, 0.05) is 17.0 Å². The number of aldehydes is 1. The van der Waals surface area contributed by atoms with Crippen LogP contribution >= 0.6 is 0 Å². The molecule has 0 saturated carbocycles. The van der Waals surface area contributed by atoms with Crippen LogP contribution in [0.2, 0.25) is 0 Å². The van der Waals surface area contributed by atoms with E-state index in [0.29, 0.717) is 27.8 Å². The van der Waals surface area contributed by atoms with Crippen molar-refractivity contribution in [1.29, 1.82) is 0 Å². The van der Waals surface area contributed by atoms with Crippen LogP contribution in [0.3, 0.4) is 0 Å². The lowest BCUT2D eigenvalue weighted by atomic mass is 9.53. The number of rotatable bonds is 1. The Kier molecular flexibility index (Phi) is 2.49. The monoisotopic (exact) mass is 330 g/mol. The van der Waals surface area contributed by atoms with Crippen molar-refractivity contribution in [3.05, 3.63) is 88.0 Å². The van der Waals surface area contributed by atoms with Gasteiger partial charge in [0.05, 0.1) is 0 Å². The lowest BCUT2D eigenvalue weighted by Gasteiger charge is -2.48. The number of carbonyl (C=O) groups excluding carboxylic acids is 1. The molecule has 0 heterocycles. The zero-order valence-corrected chi connectivity index (χ0v) is 13.1. The van der Waals surface area contributed by atoms with Gasteiger partial charge in [-0.25, -0.2) is 0 Å². The molecule has 0 spiro atoms. The Labute approximate surface area is 143 Å². The lowest BCUT2D eigenvalue weighted by molar-refractivity contribution is -0.110. The summed E-state index contributed by atoms with van der Waals surface area (Å²) in [5.74, 6) is -0.108. The summed E-state index contributed by atoms with van der Waals surface area (Å²) in [5.41, 5.74) is 3.03. The number of benzene rings is 3. The Bertz CT molecular complexity index is 1010. The zero-order valence-electron chi connectivity index (χ0n) is 13.1. The highest BCUT2D eigenvalue weighted by Crippen LogP contribution is 2.61. The minimum atomic E-state index is -1.16. The number of aromatic hydroxyl groups is 3. The molecule has 0 fully saturated rings. The first kappa shape index (κ1) is 14.1. The van der Waals surface area contributed by atoms with Crippen LogP contribution in [-0.4, -0.2) is 21.6 Å². The number of hydrogen-bond donors (Lipinski definition) is 3. The van der Waals surface area contributed by atoms with Crippen molar-refractivity contribution < 1.29 is 20.1 Å². The predicted molar refractivity (Wildman–Crippen MR) is 91.2 cm³/mol. The van der Waals surface area contributed by atoms with Crippen LogP contribution in [0.4, 0.5) is 0 Å². The smallest absolute Gasteiger partial charge is 0.139 e. The Hall–Kier alpha value is -3.27. The highest BCUT2D eigenvalue weighted by atomic mass is 16.3. The van der Waals surface area contributed by atoms with E-state index >= 15 is 0 Å². The highest BCUT2D eigenvalue weighted by Gasteiger charge is 2.53. The molecule has 4 heteroatoms. The van der Waals surface area contributed by atoms with E-state index in [-0.39, 0.29) is 23.2 Å². The van der Waals surface area contributed by atoms with E-state index in [4.69, 9.17) is 0 Å². The fraction of sp³-hybridized carbons (Fsp3) is 0.0952. The first-order chi connectivity index (χ1) is 12.1. The fourth-order valence-electron chi connectivity index (χ4n) is 4.62. The van der Waals surface area contributed by atoms with Crippen LogP contribution in [-0.2, 0) is 10.2 Å². The van der Waals surface area contributed by atoms with E-state index in [1.165, 1.54) is 0 Å². The molecule has 25 heavy (non-hydrogen) atoms. The van der Waals surface area contributed by atoms with Gasteiger partial charge in [0.2, 0.25) is 0 Å². The predicted octanol–water partition coefficient (Wildman–Crippen LogP) is 3.14. The first-order valence-electron chi connectivity index (χ1n) is 8.04. The number of phenols is 3. The average Bonchev–Trinajstić information content (AvgIpc) is 2.61. The number of carbonyl (C=O) groups is 1. The van der Waals surface area contributed by atoms with Crippen LogP contribution in [0.15, 0.2) is 54.6 Å². The third-order valence-corrected chi connectivity index (χ3v) is 5.54. The molecule has 3 aliphatic rings. The van der Waals surface area contributed by atoms with Crippen LogP contribution < -0.4 is 0 Å². The summed E-state index contributed by atoms with van der Waals surface area (Å²) in [7, 11) is 0. The standard InChI is InChI=1S/C21H14O4/c22-10-21-13-3-1-5-16(24)19(13)18(12-8-7-11(23)9-15(12)21)20-14(21)4-2-6-17(20)25/h1-10,18,23-25H. The van der Waals surface area contributed by atoms with Crippen molar-refractivity contribution in [2.75, 3.05) is 0 Å². The van der Waals surface area contributed by atoms with Gasteiger partial charge in [-0.05, 0) is 46.5 Å². The second-order valence-electron chi connectivity index (χ2n) is 6.61. The second-order valence-corrected chi connectivity index (χ2v) is 6.61. The van der Waals surface area contributed by atoms with Crippen molar-refractivity contribution >= 4 is 6.29 Å².